The van der Waals surface area contributed by atoms with Crippen LogP contribution in [0.25, 0.3) is 11.3 Å². The summed E-state index contributed by atoms with van der Waals surface area (Å²) in [6, 6.07) is 11.2. The van der Waals surface area contributed by atoms with E-state index in [0.717, 1.165) is 5.56 Å². The van der Waals surface area contributed by atoms with E-state index in [1.807, 2.05) is 30.3 Å². The van der Waals surface area contributed by atoms with Crippen molar-refractivity contribution in [2.24, 2.45) is 0 Å². The molecule has 1 atom stereocenters. The number of amides is 2. The number of carbonyl (C=O) groups excluding carboxylic acids is 2. The minimum Gasteiger partial charge on any atom is -0.384 e. The Bertz CT molecular complexity index is 1040. The maximum atomic E-state index is 13.0. The lowest BCUT2D eigenvalue weighted by atomic mass is 10.0. The maximum Gasteiger partial charge on any atom is 0.272 e. The number of aromatic amines is 1. The lowest BCUT2D eigenvalue weighted by molar-refractivity contribution is -0.0324. The van der Waals surface area contributed by atoms with Gasteiger partial charge in [0.05, 0.1) is 38.2 Å². The molecule has 3 heterocycles. The van der Waals surface area contributed by atoms with E-state index < -0.39 is 11.5 Å². The third-order valence-corrected chi connectivity index (χ3v) is 4.90. The molecule has 0 saturated carbocycles. The van der Waals surface area contributed by atoms with Crippen molar-refractivity contribution in [2.45, 2.75) is 5.60 Å². The summed E-state index contributed by atoms with van der Waals surface area (Å²) in [7, 11) is 0. The summed E-state index contributed by atoms with van der Waals surface area (Å²) >= 11 is 0. The highest BCUT2D eigenvalue weighted by Gasteiger charge is 2.35. The molecule has 0 aliphatic carbocycles. The quantitative estimate of drug-likeness (QED) is 0.545. The van der Waals surface area contributed by atoms with E-state index in [0.29, 0.717) is 17.9 Å². The molecule has 2 amide bonds. The second-order valence-electron chi connectivity index (χ2n) is 7.31. The number of β-amino-alcohol motifs (C(OH)–C–C–N with tert-alkyl or cyclic N) is 1. The van der Waals surface area contributed by atoms with Crippen LogP contribution in [0, 0.1) is 0 Å². The first-order chi connectivity index (χ1) is 15.0. The molecule has 0 spiro atoms. The Balaban J connectivity index is 1.43. The molecular weight excluding hydrogens is 400 g/mol. The number of aliphatic hydroxyl groups is 1. The molecule has 1 aliphatic rings. The average molecular weight is 422 g/mol. The summed E-state index contributed by atoms with van der Waals surface area (Å²) in [6.45, 7) is 0.442. The molecule has 31 heavy (non-hydrogen) atoms. The van der Waals surface area contributed by atoms with Crippen LogP contribution in [0.1, 0.15) is 21.0 Å². The van der Waals surface area contributed by atoms with Gasteiger partial charge in [-0.05, 0) is 6.07 Å². The van der Waals surface area contributed by atoms with E-state index in [2.05, 4.69) is 25.5 Å². The Hall–Kier alpha value is -3.63. The number of H-pyrrole nitrogens is 1. The molecule has 10 nitrogen and oxygen atoms in total. The summed E-state index contributed by atoms with van der Waals surface area (Å²) in [5, 5.41) is 20.6. The molecule has 160 valence electrons. The molecule has 1 saturated heterocycles. The summed E-state index contributed by atoms with van der Waals surface area (Å²) in [5.74, 6) is -0.774. The summed E-state index contributed by atoms with van der Waals surface area (Å²) in [4.78, 5) is 34.5. The molecule has 10 heteroatoms. The van der Waals surface area contributed by atoms with Crippen LogP contribution >= 0.6 is 0 Å². The van der Waals surface area contributed by atoms with Gasteiger partial charge in [0.25, 0.3) is 11.8 Å². The van der Waals surface area contributed by atoms with E-state index in [4.69, 9.17) is 4.74 Å². The highest BCUT2D eigenvalue weighted by atomic mass is 16.5. The number of hydrogen-bond acceptors (Lipinski definition) is 7. The molecule has 4 rings (SSSR count). The first kappa shape index (κ1) is 20.6. The molecule has 1 fully saturated rings. The van der Waals surface area contributed by atoms with Crippen molar-refractivity contribution in [3.63, 3.8) is 0 Å². The zero-order valence-corrected chi connectivity index (χ0v) is 16.7. The monoisotopic (exact) mass is 422 g/mol. The lowest BCUT2D eigenvalue weighted by Gasteiger charge is -2.30. The van der Waals surface area contributed by atoms with Gasteiger partial charge in [-0.25, -0.2) is 4.98 Å². The SMILES string of the molecule is O=C(NCC1(O)COCCN(C(=O)c2cc(-c3ccccc3)n[nH]2)C1)c1cnccn1. The summed E-state index contributed by atoms with van der Waals surface area (Å²) in [5.41, 5.74) is 0.541. The van der Waals surface area contributed by atoms with E-state index in [-0.39, 0.29) is 37.9 Å². The van der Waals surface area contributed by atoms with Crippen LogP contribution < -0.4 is 5.32 Å². The molecule has 3 aromatic rings. The van der Waals surface area contributed by atoms with Gasteiger partial charge < -0.3 is 20.1 Å². The Morgan fingerprint density at radius 3 is 2.87 bits per heavy atom. The van der Waals surface area contributed by atoms with E-state index in [9.17, 15) is 14.7 Å². The van der Waals surface area contributed by atoms with Gasteiger partial charge in [-0.1, -0.05) is 30.3 Å². The molecule has 1 aliphatic heterocycles. The molecule has 3 N–H and O–H groups in total. The summed E-state index contributed by atoms with van der Waals surface area (Å²) < 4.78 is 5.49. The van der Waals surface area contributed by atoms with Crippen LogP contribution in [0.15, 0.2) is 55.0 Å². The molecule has 1 aromatic carbocycles. The van der Waals surface area contributed by atoms with Gasteiger partial charge in [0.2, 0.25) is 0 Å². The first-order valence-electron chi connectivity index (χ1n) is 9.78. The number of nitrogens with one attached hydrogen (secondary N) is 2. The summed E-state index contributed by atoms with van der Waals surface area (Å²) in [6.07, 6.45) is 4.21. The number of rotatable bonds is 5. The third kappa shape index (κ3) is 4.93. The van der Waals surface area contributed by atoms with Gasteiger partial charge >= 0.3 is 0 Å². The number of hydrogen-bond donors (Lipinski definition) is 3. The van der Waals surface area contributed by atoms with Gasteiger partial charge in [-0.2, -0.15) is 5.10 Å². The van der Waals surface area contributed by atoms with Crippen LogP contribution in [0.2, 0.25) is 0 Å². The maximum absolute atomic E-state index is 13.0. The number of carbonyl (C=O) groups is 2. The fraction of sp³-hybridized carbons (Fsp3) is 0.286. The molecule has 1 unspecified atom stereocenters. The van der Waals surface area contributed by atoms with Crippen LogP contribution in [0.5, 0.6) is 0 Å². The zero-order chi connectivity index (χ0) is 21.7. The Labute approximate surface area is 178 Å². The number of benzene rings is 1. The average Bonchev–Trinajstić information content (AvgIpc) is 3.22. The number of ether oxygens (including phenoxy) is 1. The standard InChI is InChI=1S/C21H22N6O4/c28-19(18-11-22-6-7-23-18)24-12-21(30)13-27(8-9-31-14-21)20(29)17-10-16(25-26-17)15-4-2-1-3-5-15/h1-7,10-11,30H,8-9,12-14H2,(H,24,28)(H,25,26). The predicted molar refractivity (Wildman–Crippen MR) is 110 cm³/mol. The Morgan fingerprint density at radius 1 is 1.26 bits per heavy atom. The number of aromatic nitrogens is 4. The normalized spacial score (nSPS) is 18.9. The van der Waals surface area contributed by atoms with E-state index in [1.165, 1.54) is 23.5 Å². The van der Waals surface area contributed by atoms with Crippen LogP contribution in [-0.4, -0.2) is 80.4 Å². The van der Waals surface area contributed by atoms with Crippen molar-refractivity contribution in [1.82, 2.24) is 30.4 Å². The Kier molecular flexibility index (Phi) is 6.01. The molecule has 0 bridgehead atoms. The first-order valence-corrected chi connectivity index (χ1v) is 9.78. The third-order valence-electron chi connectivity index (χ3n) is 4.90. The highest BCUT2D eigenvalue weighted by molar-refractivity contribution is 5.93. The molecule has 2 aromatic heterocycles. The smallest absolute Gasteiger partial charge is 0.272 e. The number of nitrogens with zero attached hydrogens (tertiary/aromatic N) is 4. The van der Waals surface area contributed by atoms with Crippen molar-refractivity contribution in [1.29, 1.82) is 0 Å². The zero-order valence-electron chi connectivity index (χ0n) is 16.7. The lowest BCUT2D eigenvalue weighted by Crippen LogP contribution is -2.53. The van der Waals surface area contributed by atoms with Crippen LogP contribution in [0.3, 0.4) is 0 Å². The predicted octanol–water partition coefficient (Wildman–Crippen LogP) is 0.500. The second kappa shape index (κ2) is 9.02. The fourth-order valence-corrected chi connectivity index (χ4v) is 3.31. The van der Waals surface area contributed by atoms with Crippen molar-refractivity contribution >= 4 is 11.8 Å². The minimum atomic E-state index is -1.45. The van der Waals surface area contributed by atoms with Crippen molar-refractivity contribution in [2.75, 3.05) is 32.8 Å². The van der Waals surface area contributed by atoms with Crippen molar-refractivity contribution in [3.05, 3.63) is 66.4 Å². The largest absolute Gasteiger partial charge is 0.384 e. The van der Waals surface area contributed by atoms with Gasteiger partial charge in [-0.15, -0.1) is 0 Å². The van der Waals surface area contributed by atoms with Crippen molar-refractivity contribution in [3.8, 4) is 11.3 Å². The molecule has 0 radical (unpaired) electrons. The van der Waals surface area contributed by atoms with Gasteiger partial charge in [0.1, 0.15) is 17.0 Å². The van der Waals surface area contributed by atoms with Gasteiger partial charge in [0.15, 0.2) is 0 Å². The molecular formula is C21H22N6O4. The van der Waals surface area contributed by atoms with Crippen LogP contribution in [-0.2, 0) is 4.74 Å². The van der Waals surface area contributed by atoms with Crippen molar-refractivity contribution < 1.29 is 19.4 Å². The highest BCUT2D eigenvalue weighted by Crippen LogP contribution is 2.19. The van der Waals surface area contributed by atoms with E-state index in [1.54, 1.807) is 6.07 Å². The van der Waals surface area contributed by atoms with Gasteiger partial charge in [-0.3, -0.25) is 19.7 Å². The topological polar surface area (TPSA) is 133 Å². The minimum absolute atomic E-state index is 0.00767. The Morgan fingerprint density at radius 2 is 2.10 bits per heavy atom. The second-order valence-corrected chi connectivity index (χ2v) is 7.31. The van der Waals surface area contributed by atoms with E-state index >= 15 is 0 Å². The van der Waals surface area contributed by atoms with Crippen LogP contribution in [0.4, 0.5) is 0 Å². The van der Waals surface area contributed by atoms with Gasteiger partial charge in [0, 0.05) is 24.5 Å². The fourth-order valence-electron chi connectivity index (χ4n) is 3.31.